The summed E-state index contributed by atoms with van der Waals surface area (Å²) < 4.78 is 0. The van der Waals surface area contributed by atoms with Gasteiger partial charge in [0.05, 0.1) is 0 Å². The molecule has 1 heteroatoms. The van der Waals surface area contributed by atoms with Gasteiger partial charge in [-0.3, -0.25) is 0 Å². The number of benzene rings is 1. The zero-order chi connectivity index (χ0) is 10.7. The van der Waals surface area contributed by atoms with Gasteiger partial charge >= 0.3 is 0 Å². The van der Waals surface area contributed by atoms with E-state index in [2.05, 4.69) is 43.0 Å². The van der Waals surface area contributed by atoms with Crippen LogP contribution in [0.1, 0.15) is 24.5 Å². The summed E-state index contributed by atoms with van der Waals surface area (Å²) in [5.74, 6) is 0.905. The third-order valence-corrected chi connectivity index (χ3v) is 3.31. The van der Waals surface area contributed by atoms with Crippen LogP contribution in [-0.4, -0.2) is 24.5 Å². The molecule has 15 heavy (non-hydrogen) atoms. The second-order valence-corrected chi connectivity index (χ2v) is 4.93. The minimum atomic E-state index is 0.905. The highest BCUT2D eigenvalue weighted by Crippen LogP contribution is 2.15. The molecule has 1 nitrogen and oxygen atoms in total. The van der Waals surface area contributed by atoms with Gasteiger partial charge in [0.15, 0.2) is 0 Å². The van der Waals surface area contributed by atoms with Crippen molar-refractivity contribution >= 4 is 0 Å². The molecule has 1 aliphatic rings. The quantitative estimate of drug-likeness (QED) is 0.730. The van der Waals surface area contributed by atoms with Gasteiger partial charge in [-0.2, -0.15) is 0 Å². The summed E-state index contributed by atoms with van der Waals surface area (Å²) in [5.41, 5.74) is 2.86. The van der Waals surface area contributed by atoms with Crippen molar-refractivity contribution < 1.29 is 0 Å². The number of hydrogen-bond donors (Lipinski definition) is 0. The van der Waals surface area contributed by atoms with Crippen molar-refractivity contribution in [2.24, 2.45) is 5.92 Å². The highest BCUT2D eigenvalue weighted by atomic mass is 15.1. The van der Waals surface area contributed by atoms with Crippen molar-refractivity contribution in [3.8, 4) is 0 Å². The molecule has 1 aliphatic heterocycles. The summed E-state index contributed by atoms with van der Waals surface area (Å²) >= 11 is 0. The van der Waals surface area contributed by atoms with E-state index in [1.807, 2.05) is 0 Å². The maximum absolute atomic E-state index is 2.59. The van der Waals surface area contributed by atoms with E-state index in [0.29, 0.717) is 0 Å². The Labute approximate surface area is 93.1 Å². The first-order chi connectivity index (χ1) is 7.24. The van der Waals surface area contributed by atoms with Crippen molar-refractivity contribution in [1.29, 1.82) is 0 Å². The minimum absolute atomic E-state index is 0.905. The average Bonchev–Trinajstić information content (AvgIpc) is 2.62. The second kappa shape index (κ2) is 4.80. The molecule has 0 unspecified atom stereocenters. The van der Waals surface area contributed by atoms with Gasteiger partial charge in [-0.15, -0.1) is 0 Å². The summed E-state index contributed by atoms with van der Waals surface area (Å²) in [7, 11) is 0. The van der Waals surface area contributed by atoms with E-state index in [1.54, 1.807) is 0 Å². The van der Waals surface area contributed by atoms with Gasteiger partial charge in [-0.25, -0.2) is 0 Å². The van der Waals surface area contributed by atoms with Crippen molar-refractivity contribution in [2.75, 3.05) is 19.6 Å². The molecule has 0 N–H and O–H groups in total. The molecule has 0 aromatic heterocycles. The molecule has 0 amide bonds. The first-order valence-corrected chi connectivity index (χ1v) is 6.02. The first-order valence-electron chi connectivity index (χ1n) is 6.02. The summed E-state index contributed by atoms with van der Waals surface area (Å²) in [4.78, 5) is 2.59. The maximum atomic E-state index is 2.59. The lowest BCUT2D eigenvalue weighted by molar-refractivity contribution is 0.332. The number of likely N-dealkylation sites (tertiary alicyclic amines) is 1. The molecule has 1 fully saturated rings. The fraction of sp³-hybridized carbons (Fsp3) is 0.571. The molecule has 1 atom stereocenters. The molecule has 0 aliphatic carbocycles. The van der Waals surface area contributed by atoms with Crippen LogP contribution in [0, 0.1) is 12.8 Å². The lowest BCUT2D eigenvalue weighted by atomic mass is 10.1. The number of hydrogen-bond acceptors (Lipinski definition) is 1. The smallest absolute Gasteiger partial charge is 0.00219 e. The van der Waals surface area contributed by atoms with Crippen LogP contribution in [0.2, 0.25) is 0 Å². The van der Waals surface area contributed by atoms with Gasteiger partial charge in [0.25, 0.3) is 0 Å². The Morgan fingerprint density at radius 2 is 2.27 bits per heavy atom. The SMILES string of the molecule is Cc1cccc(CCN2CC[C@@H](C)C2)c1. The molecule has 1 aromatic rings. The standard InChI is InChI=1S/C14H21N/c1-12-4-3-5-14(10-12)7-9-15-8-6-13(2)11-15/h3-5,10,13H,6-9,11H2,1-2H3/t13-/m1/s1. The van der Waals surface area contributed by atoms with Crippen LogP contribution in [0.3, 0.4) is 0 Å². The molecule has 82 valence electrons. The van der Waals surface area contributed by atoms with Crippen molar-refractivity contribution in [3.05, 3.63) is 35.4 Å². The van der Waals surface area contributed by atoms with E-state index >= 15 is 0 Å². The number of nitrogens with zero attached hydrogens (tertiary/aromatic N) is 1. The predicted molar refractivity (Wildman–Crippen MR) is 65.1 cm³/mol. The van der Waals surface area contributed by atoms with E-state index in [0.717, 1.165) is 5.92 Å². The lowest BCUT2D eigenvalue weighted by Gasteiger charge is -2.15. The zero-order valence-electron chi connectivity index (χ0n) is 9.87. The van der Waals surface area contributed by atoms with Crippen LogP contribution in [0.4, 0.5) is 0 Å². The van der Waals surface area contributed by atoms with Gasteiger partial charge in [0, 0.05) is 13.1 Å². The minimum Gasteiger partial charge on any atom is -0.303 e. The molecule has 1 saturated heterocycles. The highest BCUT2D eigenvalue weighted by molar-refractivity contribution is 5.22. The van der Waals surface area contributed by atoms with Crippen LogP contribution in [0.25, 0.3) is 0 Å². The monoisotopic (exact) mass is 203 g/mol. The molecule has 0 radical (unpaired) electrons. The van der Waals surface area contributed by atoms with Crippen molar-refractivity contribution in [3.63, 3.8) is 0 Å². The summed E-state index contributed by atoms with van der Waals surface area (Å²) in [6.07, 6.45) is 2.59. The molecule has 2 rings (SSSR count). The largest absolute Gasteiger partial charge is 0.303 e. The molecule has 1 heterocycles. The van der Waals surface area contributed by atoms with Crippen LogP contribution < -0.4 is 0 Å². The van der Waals surface area contributed by atoms with Crippen molar-refractivity contribution in [2.45, 2.75) is 26.7 Å². The molecular formula is C14H21N. The van der Waals surface area contributed by atoms with Gasteiger partial charge in [0.2, 0.25) is 0 Å². The molecule has 0 bridgehead atoms. The molecule has 0 spiro atoms. The predicted octanol–water partition coefficient (Wildman–Crippen LogP) is 2.88. The molecular weight excluding hydrogens is 182 g/mol. The van der Waals surface area contributed by atoms with Crippen LogP contribution in [0.15, 0.2) is 24.3 Å². The van der Waals surface area contributed by atoms with Crippen LogP contribution >= 0.6 is 0 Å². The zero-order valence-corrected chi connectivity index (χ0v) is 9.87. The van der Waals surface area contributed by atoms with Crippen LogP contribution in [-0.2, 0) is 6.42 Å². The Morgan fingerprint density at radius 1 is 1.40 bits per heavy atom. The molecule has 0 saturated carbocycles. The van der Waals surface area contributed by atoms with Gasteiger partial charge in [-0.05, 0) is 37.8 Å². The summed E-state index contributed by atoms with van der Waals surface area (Å²) in [6, 6.07) is 8.88. The third-order valence-electron chi connectivity index (χ3n) is 3.31. The number of rotatable bonds is 3. The van der Waals surface area contributed by atoms with E-state index in [4.69, 9.17) is 0 Å². The van der Waals surface area contributed by atoms with E-state index in [9.17, 15) is 0 Å². The van der Waals surface area contributed by atoms with E-state index < -0.39 is 0 Å². The normalized spacial score (nSPS) is 22.1. The Morgan fingerprint density at radius 3 is 2.93 bits per heavy atom. The van der Waals surface area contributed by atoms with Gasteiger partial charge in [-0.1, -0.05) is 36.8 Å². The third kappa shape index (κ3) is 3.07. The average molecular weight is 203 g/mol. The Hall–Kier alpha value is -0.820. The first kappa shape index (κ1) is 10.7. The Bertz CT molecular complexity index is 319. The second-order valence-electron chi connectivity index (χ2n) is 4.93. The summed E-state index contributed by atoms with van der Waals surface area (Å²) in [6.45, 7) is 8.35. The number of aryl methyl sites for hydroxylation is 1. The fourth-order valence-electron chi connectivity index (χ4n) is 2.38. The van der Waals surface area contributed by atoms with Crippen LogP contribution in [0.5, 0.6) is 0 Å². The molecule has 1 aromatic carbocycles. The highest BCUT2D eigenvalue weighted by Gasteiger charge is 2.17. The van der Waals surface area contributed by atoms with Gasteiger partial charge in [0.1, 0.15) is 0 Å². The lowest BCUT2D eigenvalue weighted by Crippen LogP contribution is -2.23. The van der Waals surface area contributed by atoms with Gasteiger partial charge < -0.3 is 4.90 Å². The van der Waals surface area contributed by atoms with E-state index in [-0.39, 0.29) is 0 Å². The maximum Gasteiger partial charge on any atom is 0.00219 e. The Balaban J connectivity index is 1.83. The topological polar surface area (TPSA) is 3.24 Å². The fourth-order valence-corrected chi connectivity index (χ4v) is 2.38. The van der Waals surface area contributed by atoms with Crippen molar-refractivity contribution in [1.82, 2.24) is 4.90 Å². The summed E-state index contributed by atoms with van der Waals surface area (Å²) in [5, 5.41) is 0. The van der Waals surface area contributed by atoms with E-state index in [1.165, 1.54) is 43.6 Å². The Kier molecular flexibility index (Phi) is 3.42.